The van der Waals surface area contributed by atoms with Crippen molar-refractivity contribution in [1.29, 1.82) is 0 Å². The lowest BCUT2D eigenvalue weighted by Gasteiger charge is -2.17. The van der Waals surface area contributed by atoms with Gasteiger partial charge in [0.2, 0.25) is 5.95 Å². The van der Waals surface area contributed by atoms with Gasteiger partial charge in [0, 0.05) is 37.5 Å². The molecule has 0 unspecified atom stereocenters. The molecule has 0 saturated carbocycles. The smallest absolute Gasteiger partial charge is 0.261 e. The number of hydrogen-bond donors (Lipinski definition) is 1. The van der Waals surface area contributed by atoms with Crippen LogP contribution in [0.25, 0.3) is 22.7 Å². The molecule has 10 heteroatoms. The number of methoxy groups -OCH3 is 1. The van der Waals surface area contributed by atoms with E-state index in [0.717, 1.165) is 22.4 Å². The van der Waals surface area contributed by atoms with Crippen LogP contribution in [0.5, 0.6) is 0 Å². The number of ether oxygens (including phenoxy) is 1. The molecule has 0 aromatic carbocycles. The molecular formula is C21H24N8O2. The van der Waals surface area contributed by atoms with Crippen LogP contribution in [-0.2, 0) is 11.3 Å². The summed E-state index contributed by atoms with van der Waals surface area (Å²) < 4.78 is 12.4. The summed E-state index contributed by atoms with van der Waals surface area (Å²) in [7, 11) is 1.66. The van der Waals surface area contributed by atoms with E-state index in [4.69, 9.17) is 15.0 Å². The quantitative estimate of drug-likeness (QED) is 0.457. The zero-order chi connectivity index (χ0) is 21.8. The molecule has 0 spiro atoms. The molecule has 0 aliphatic rings. The monoisotopic (exact) mass is 420 g/mol. The molecule has 0 aliphatic carbocycles. The molecule has 0 radical (unpaired) electrons. The molecule has 4 aromatic rings. The average molecular weight is 420 g/mol. The maximum atomic E-state index is 5.56. The van der Waals surface area contributed by atoms with E-state index in [1.807, 2.05) is 24.5 Å². The van der Waals surface area contributed by atoms with Crippen molar-refractivity contribution in [2.75, 3.05) is 19.5 Å². The van der Waals surface area contributed by atoms with Crippen LogP contribution in [0.2, 0.25) is 0 Å². The second kappa shape index (κ2) is 9.00. The molecule has 0 saturated heterocycles. The van der Waals surface area contributed by atoms with Gasteiger partial charge in [0.05, 0.1) is 36.5 Å². The van der Waals surface area contributed by atoms with Gasteiger partial charge in [-0.25, -0.2) is 9.97 Å². The Morgan fingerprint density at radius 3 is 2.55 bits per heavy atom. The van der Waals surface area contributed by atoms with E-state index in [2.05, 4.69) is 44.0 Å². The Morgan fingerprint density at radius 2 is 1.87 bits per heavy atom. The number of rotatable bonds is 8. The number of anilines is 1. The number of hydrogen-bond acceptors (Lipinski definition) is 9. The van der Waals surface area contributed by atoms with E-state index in [9.17, 15) is 0 Å². The molecular weight excluding hydrogens is 396 g/mol. The van der Waals surface area contributed by atoms with Gasteiger partial charge in [-0.2, -0.15) is 10.1 Å². The highest BCUT2D eigenvalue weighted by atomic mass is 16.5. The van der Waals surface area contributed by atoms with Crippen LogP contribution >= 0.6 is 0 Å². The standard InChI is InChI=1S/C21H24N8O2/c1-13(2)18(14-4-5-17(23-8-14)15-9-24-21(22)25-10-15)19-27-20(31-28-19)16-11-26-29(12-16)6-7-30-3/h4-5,8-13,18H,6-7H2,1-3H3,(H2,22,24,25)/t18-/m1/s1. The summed E-state index contributed by atoms with van der Waals surface area (Å²) in [6.45, 7) is 5.47. The predicted octanol–water partition coefficient (Wildman–Crippen LogP) is 2.80. The maximum Gasteiger partial charge on any atom is 0.261 e. The van der Waals surface area contributed by atoms with E-state index in [-0.39, 0.29) is 17.8 Å². The van der Waals surface area contributed by atoms with Gasteiger partial charge < -0.3 is 15.0 Å². The molecule has 0 bridgehead atoms. The summed E-state index contributed by atoms with van der Waals surface area (Å²) in [5.41, 5.74) is 8.89. The van der Waals surface area contributed by atoms with E-state index in [1.165, 1.54) is 0 Å². The summed E-state index contributed by atoms with van der Waals surface area (Å²) in [6, 6.07) is 3.95. The number of pyridine rings is 1. The second-order valence-electron chi connectivity index (χ2n) is 7.47. The van der Waals surface area contributed by atoms with Crippen molar-refractivity contribution in [2.45, 2.75) is 26.3 Å². The van der Waals surface area contributed by atoms with Crippen LogP contribution in [0.3, 0.4) is 0 Å². The molecule has 1 atom stereocenters. The van der Waals surface area contributed by atoms with Crippen LogP contribution in [0.15, 0.2) is 47.6 Å². The topological polar surface area (TPSA) is 131 Å². The van der Waals surface area contributed by atoms with Gasteiger partial charge >= 0.3 is 0 Å². The largest absolute Gasteiger partial charge is 0.383 e. The van der Waals surface area contributed by atoms with Crippen molar-refractivity contribution in [1.82, 2.24) is 34.9 Å². The third-order valence-electron chi connectivity index (χ3n) is 4.90. The first-order valence-corrected chi connectivity index (χ1v) is 9.94. The van der Waals surface area contributed by atoms with Crippen LogP contribution in [-0.4, -0.2) is 48.6 Å². The van der Waals surface area contributed by atoms with Crippen molar-refractivity contribution < 1.29 is 9.26 Å². The third-order valence-corrected chi connectivity index (χ3v) is 4.90. The highest BCUT2D eigenvalue weighted by Gasteiger charge is 2.25. The molecule has 0 fully saturated rings. The fraction of sp³-hybridized carbons (Fsp3) is 0.333. The minimum atomic E-state index is -0.0646. The Hall–Kier alpha value is -3.66. The van der Waals surface area contributed by atoms with Crippen molar-refractivity contribution in [2.24, 2.45) is 5.92 Å². The Balaban J connectivity index is 1.57. The molecule has 160 valence electrons. The lowest BCUT2D eigenvalue weighted by atomic mass is 9.88. The SMILES string of the molecule is COCCn1cc(-c2nc([C@@H](c3ccc(-c4cnc(N)nc4)nc3)C(C)C)no2)cn1. The lowest BCUT2D eigenvalue weighted by molar-refractivity contribution is 0.183. The summed E-state index contributed by atoms with van der Waals surface area (Å²) in [6.07, 6.45) is 8.72. The number of nitrogen functional groups attached to an aromatic ring is 1. The number of aromatic nitrogens is 7. The van der Waals surface area contributed by atoms with Gasteiger partial charge in [-0.1, -0.05) is 25.1 Å². The van der Waals surface area contributed by atoms with Crippen LogP contribution in [0.1, 0.15) is 31.2 Å². The highest BCUT2D eigenvalue weighted by Crippen LogP contribution is 2.32. The highest BCUT2D eigenvalue weighted by molar-refractivity contribution is 5.57. The molecule has 10 nitrogen and oxygen atoms in total. The van der Waals surface area contributed by atoms with Gasteiger partial charge in [0.25, 0.3) is 5.89 Å². The van der Waals surface area contributed by atoms with Crippen LogP contribution in [0.4, 0.5) is 5.95 Å². The zero-order valence-corrected chi connectivity index (χ0v) is 17.6. The third kappa shape index (κ3) is 4.58. The fourth-order valence-corrected chi connectivity index (χ4v) is 3.32. The normalized spacial score (nSPS) is 12.4. The van der Waals surface area contributed by atoms with Gasteiger partial charge in [0.15, 0.2) is 5.82 Å². The van der Waals surface area contributed by atoms with E-state index < -0.39 is 0 Å². The van der Waals surface area contributed by atoms with Gasteiger partial charge in [0.1, 0.15) is 0 Å². The van der Waals surface area contributed by atoms with Gasteiger partial charge in [-0.15, -0.1) is 0 Å². The Labute approximate surface area is 179 Å². The summed E-state index contributed by atoms with van der Waals surface area (Å²) >= 11 is 0. The zero-order valence-electron chi connectivity index (χ0n) is 17.6. The van der Waals surface area contributed by atoms with Crippen LogP contribution < -0.4 is 5.73 Å². The van der Waals surface area contributed by atoms with E-state index in [1.54, 1.807) is 30.4 Å². The Bertz CT molecular complexity index is 1120. The van der Waals surface area contributed by atoms with Crippen molar-refractivity contribution in [3.63, 3.8) is 0 Å². The van der Waals surface area contributed by atoms with Crippen molar-refractivity contribution in [3.05, 3.63) is 54.5 Å². The lowest BCUT2D eigenvalue weighted by Crippen LogP contribution is -2.11. The van der Waals surface area contributed by atoms with Crippen LogP contribution in [0, 0.1) is 5.92 Å². The predicted molar refractivity (Wildman–Crippen MR) is 114 cm³/mol. The van der Waals surface area contributed by atoms with Crippen molar-refractivity contribution >= 4 is 5.95 Å². The average Bonchev–Trinajstić information content (AvgIpc) is 3.43. The molecule has 2 N–H and O–H groups in total. The van der Waals surface area contributed by atoms with Gasteiger partial charge in [-0.05, 0) is 17.5 Å². The molecule has 4 aromatic heterocycles. The first-order valence-electron chi connectivity index (χ1n) is 9.94. The minimum Gasteiger partial charge on any atom is -0.383 e. The minimum absolute atomic E-state index is 0.0646. The summed E-state index contributed by atoms with van der Waals surface area (Å²) in [4.78, 5) is 17.2. The molecule has 4 heterocycles. The number of nitrogens with two attached hydrogens (primary N) is 1. The molecule has 0 amide bonds. The van der Waals surface area contributed by atoms with E-state index >= 15 is 0 Å². The summed E-state index contributed by atoms with van der Waals surface area (Å²) in [5, 5.41) is 8.54. The Kier molecular flexibility index (Phi) is 5.99. The summed E-state index contributed by atoms with van der Waals surface area (Å²) in [5.74, 6) is 1.46. The first kappa shape index (κ1) is 20.6. The molecule has 31 heavy (non-hydrogen) atoms. The fourth-order valence-electron chi connectivity index (χ4n) is 3.32. The van der Waals surface area contributed by atoms with Gasteiger partial charge in [-0.3, -0.25) is 9.67 Å². The van der Waals surface area contributed by atoms with Crippen molar-refractivity contribution in [3.8, 4) is 22.7 Å². The second-order valence-corrected chi connectivity index (χ2v) is 7.47. The maximum absolute atomic E-state index is 5.56. The van der Waals surface area contributed by atoms with E-state index in [0.29, 0.717) is 24.9 Å². The number of nitrogens with zero attached hydrogens (tertiary/aromatic N) is 7. The molecule has 0 aliphatic heterocycles. The Morgan fingerprint density at radius 1 is 1.06 bits per heavy atom. The first-order chi connectivity index (χ1) is 15.0. The molecule has 4 rings (SSSR count).